The molecule has 2 aromatic heterocycles. The summed E-state index contributed by atoms with van der Waals surface area (Å²) >= 11 is 1.60. The third kappa shape index (κ3) is 2.21. The molecule has 5 nitrogen and oxygen atoms in total. The molecule has 1 aliphatic heterocycles. The van der Waals surface area contributed by atoms with Gasteiger partial charge in [-0.3, -0.25) is 4.79 Å². The molecule has 0 spiro atoms. The number of carbonyl (C=O) groups is 1. The predicted molar refractivity (Wildman–Crippen MR) is 88.2 cm³/mol. The van der Waals surface area contributed by atoms with E-state index in [4.69, 9.17) is 0 Å². The summed E-state index contributed by atoms with van der Waals surface area (Å²) < 4.78 is 0. The Bertz CT molecular complexity index is 873. The van der Waals surface area contributed by atoms with Crippen molar-refractivity contribution in [1.82, 2.24) is 9.97 Å². The molecule has 1 aliphatic rings. The normalized spacial score (nSPS) is 14.7. The molecule has 0 fully saturated rings. The van der Waals surface area contributed by atoms with E-state index in [-0.39, 0.29) is 11.9 Å². The fraction of sp³-hybridized carbons (Fsp3) is 0.188. The van der Waals surface area contributed by atoms with Gasteiger partial charge in [0.15, 0.2) is 0 Å². The fourth-order valence-corrected chi connectivity index (χ4v) is 3.44. The lowest BCUT2D eigenvalue weighted by molar-refractivity contribution is -0.115. The maximum Gasteiger partial charge on any atom is 0.228 e. The monoisotopic (exact) mass is 310 g/mol. The molecule has 0 bridgehead atoms. The van der Waals surface area contributed by atoms with Crippen LogP contribution in [0.1, 0.15) is 24.1 Å². The Labute approximate surface area is 131 Å². The first-order valence-electron chi connectivity index (χ1n) is 7.08. The second-order valence-electron chi connectivity index (χ2n) is 5.37. The highest BCUT2D eigenvalue weighted by molar-refractivity contribution is 7.16. The van der Waals surface area contributed by atoms with Crippen molar-refractivity contribution < 1.29 is 4.79 Å². The van der Waals surface area contributed by atoms with Crippen molar-refractivity contribution in [3.63, 3.8) is 0 Å². The number of aromatic nitrogens is 2. The van der Waals surface area contributed by atoms with Crippen LogP contribution in [0.5, 0.6) is 0 Å². The summed E-state index contributed by atoms with van der Waals surface area (Å²) in [4.78, 5) is 21.0. The average Bonchev–Trinajstić information content (AvgIpc) is 3.11. The molecule has 1 aromatic carbocycles. The molecule has 110 valence electrons. The van der Waals surface area contributed by atoms with Gasteiger partial charge in [0.1, 0.15) is 17.0 Å². The van der Waals surface area contributed by atoms with Crippen LogP contribution < -0.4 is 10.6 Å². The molecule has 3 heterocycles. The Morgan fingerprint density at radius 3 is 3.14 bits per heavy atom. The number of nitrogens with one attached hydrogen (secondary N) is 2. The van der Waals surface area contributed by atoms with E-state index in [1.54, 1.807) is 17.7 Å². The number of nitrogens with zero attached hydrogens (tertiary/aromatic N) is 2. The molecule has 0 aliphatic carbocycles. The second-order valence-corrected chi connectivity index (χ2v) is 6.26. The average molecular weight is 310 g/mol. The summed E-state index contributed by atoms with van der Waals surface area (Å²) in [6, 6.07) is 8.21. The van der Waals surface area contributed by atoms with Crippen molar-refractivity contribution >= 4 is 39.0 Å². The quantitative estimate of drug-likeness (QED) is 0.778. The minimum atomic E-state index is 0.0588. The van der Waals surface area contributed by atoms with Gasteiger partial charge in [0.05, 0.1) is 11.8 Å². The lowest BCUT2D eigenvalue weighted by Gasteiger charge is -2.16. The van der Waals surface area contributed by atoms with E-state index in [2.05, 4.69) is 33.6 Å². The van der Waals surface area contributed by atoms with Crippen LogP contribution in [0.15, 0.2) is 36.0 Å². The number of benzene rings is 1. The smallest absolute Gasteiger partial charge is 0.228 e. The number of amides is 1. The standard InChI is InChI=1S/C16H14N4OS/c1-9(10-2-3-13-11(6-10)7-14(21)20-13)19-15-12-4-5-22-16(12)18-8-17-15/h2-6,8-9H,7H2,1H3,(H,20,21)(H,17,18,19)/t9-/m1/s1. The first-order valence-corrected chi connectivity index (χ1v) is 7.96. The number of hydrogen-bond donors (Lipinski definition) is 2. The fourth-order valence-electron chi connectivity index (χ4n) is 2.71. The zero-order valence-electron chi connectivity index (χ0n) is 12.0. The van der Waals surface area contributed by atoms with Gasteiger partial charge in [-0.2, -0.15) is 0 Å². The van der Waals surface area contributed by atoms with Crippen LogP contribution in [-0.4, -0.2) is 15.9 Å². The molecule has 0 radical (unpaired) electrons. The molecule has 6 heteroatoms. The Balaban J connectivity index is 1.63. The minimum absolute atomic E-state index is 0.0588. The van der Waals surface area contributed by atoms with Crippen LogP contribution >= 0.6 is 11.3 Å². The largest absolute Gasteiger partial charge is 0.363 e. The maximum absolute atomic E-state index is 11.4. The molecule has 4 rings (SSSR count). The molecule has 2 N–H and O–H groups in total. The highest BCUT2D eigenvalue weighted by Gasteiger charge is 2.19. The third-order valence-corrected chi connectivity index (χ3v) is 4.69. The molecular weight excluding hydrogens is 296 g/mol. The molecule has 1 atom stereocenters. The maximum atomic E-state index is 11.4. The zero-order chi connectivity index (χ0) is 15.1. The second kappa shape index (κ2) is 5.06. The number of thiophene rings is 1. The van der Waals surface area contributed by atoms with Crippen LogP contribution in [0.3, 0.4) is 0 Å². The predicted octanol–water partition coefficient (Wildman–Crippen LogP) is 3.36. The van der Waals surface area contributed by atoms with Gasteiger partial charge < -0.3 is 10.6 Å². The van der Waals surface area contributed by atoms with Crippen molar-refractivity contribution in [2.75, 3.05) is 10.6 Å². The number of hydrogen-bond acceptors (Lipinski definition) is 5. The number of fused-ring (bicyclic) bond motifs is 2. The van der Waals surface area contributed by atoms with E-state index in [0.717, 1.165) is 32.8 Å². The van der Waals surface area contributed by atoms with Crippen LogP contribution in [-0.2, 0) is 11.2 Å². The summed E-state index contributed by atoms with van der Waals surface area (Å²) in [7, 11) is 0. The van der Waals surface area contributed by atoms with Crippen LogP contribution in [0.4, 0.5) is 11.5 Å². The number of carbonyl (C=O) groups excluding carboxylic acids is 1. The van der Waals surface area contributed by atoms with Crippen molar-refractivity contribution in [2.24, 2.45) is 0 Å². The summed E-state index contributed by atoms with van der Waals surface area (Å²) in [5, 5.41) is 9.35. The minimum Gasteiger partial charge on any atom is -0.363 e. The van der Waals surface area contributed by atoms with Crippen molar-refractivity contribution in [2.45, 2.75) is 19.4 Å². The van der Waals surface area contributed by atoms with Gasteiger partial charge in [-0.1, -0.05) is 12.1 Å². The molecule has 0 saturated heterocycles. The number of rotatable bonds is 3. The Kier molecular flexibility index (Phi) is 3.04. The third-order valence-electron chi connectivity index (χ3n) is 3.87. The van der Waals surface area contributed by atoms with Crippen molar-refractivity contribution in [3.8, 4) is 0 Å². The topological polar surface area (TPSA) is 66.9 Å². The lowest BCUT2D eigenvalue weighted by atomic mass is 10.0. The van der Waals surface area contributed by atoms with Gasteiger partial charge in [0, 0.05) is 11.7 Å². The van der Waals surface area contributed by atoms with Gasteiger partial charge in [0.2, 0.25) is 5.91 Å². The van der Waals surface area contributed by atoms with E-state index < -0.39 is 0 Å². The molecule has 0 unspecified atom stereocenters. The summed E-state index contributed by atoms with van der Waals surface area (Å²) in [6.45, 7) is 2.09. The lowest BCUT2D eigenvalue weighted by Crippen LogP contribution is -2.08. The zero-order valence-corrected chi connectivity index (χ0v) is 12.8. The molecular formula is C16H14N4OS. The van der Waals surface area contributed by atoms with Crippen molar-refractivity contribution in [3.05, 3.63) is 47.1 Å². The highest BCUT2D eigenvalue weighted by Crippen LogP contribution is 2.30. The van der Waals surface area contributed by atoms with Crippen LogP contribution in [0.2, 0.25) is 0 Å². The van der Waals surface area contributed by atoms with E-state index in [9.17, 15) is 4.79 Å². The SMILES string of the molecule is C[C@@H](Nc1ncnc2sccc12)c1ccc2c(c1)CC(=O)N2. The van der Waals surface area contributed by atoms with Gasteiger partial charge in [0.25, 0.3) is 0 Å². The van der Waals surface area contributed by atoms with E-state index in [1.165, 1.54) is 0 Å². The Morgan fingerprint density at radius 2 is 2.23 bits per heavy atom. The van der Waals surface area contributed by atoms with Crippen molar-refractivity contribution in [1.29, 1.82) is 0 Å². The van der Waals surface area contributed by atoms with E-state index in [0.29, 0.717) is 6.42 Å². The molecule has 3 aromatic rings. The summed E-state index contributed by atoms with van der Waals surface area (Å²) in [6.07, 6.45) is 2.04. The molecule has 0 saturated carbocycles. The number of anilines is 2. The van der Waals surface area contributed by atoms with Gasteiger partial charge in [-0.05, 0) is 35.6 Å². The van der Waals surface area contributed by atoms with Gasteiger partial charge in [-0.15, -0.1) is 11.3 Å². The van der Waals surface area contributed by atoms with E-state index >= 15 is 0 Å². The highest BCUT2D eigenvalue weighted by atomic mass is 32.1. The Hall–Kier alpha value is -2.47. The first-order chi connectivity index (χ1) is 10.7. The Morgan fingerprint density at radius 1 is 1.32 bits per heavy atom. The van der Waals surface area contributed by atoms with Gasteiger partial charge >= 0.3 is 0 Å². The van der Waals surface area contributed by atoms with Gasteiger partial charge in [-0.25, -0.2) is 9.97 Å². The van der Waals surface area contributed by atoms with Crippen LogP contribution in [0.25, 0.3) is 10.2 Å². The molecule has 1 amide bonds. The first kappa shape index (κ1) is 13.2. The van der Waals surface area contributed by atoms with Crippen LogP contribution in [0, 0.1) is 0 Å². The summed E-state index contributed by atoms with van der Waals surface area (Å²) in [5.74, 6) is 0.900. The summed E-state index contributed by atoms with van der Waals surface area (Å²) in [5.41, 5.74) is 3.11. The molecule has 22 heavy (non-hydrogen) atoms. The van der Waals surface area contributed by atoms with E-state index in [1.807, 2.05) is 23.6 Å².